The van der Waals surface area contributed by atoms with Gasteiger partial charge in [0.1, 0.15) is 11.5 Å². The number of para-hydroxylation sites is 1. The van der Waals surface area contributed by atoms with Gasteiger partial charge in [-0.1, -0.05) is 18.2 Å². The van der Waals surface area contributed by atoms with Crippen molar-refractivity contribution in [2.24, 2.45) is 5.73 Å². The van der Waals surface area contributed by atoms with Gasteiger partial charge in [-0.15, -0.1) is 0 Å². The van der Waals surface area contributed by atoms with Gasteiger partial charge < -0.3 is 10.7 Å². The number of nitrogens with zero attached hydrogens (tertiary/aromatic N) is 3. The minimum absolute atomic E-state index is 0.0391. The molecule has 0 aliphatic heterocycles. The first-order valence-corrected chi connectivity index (χ1v) is 7.58. The normalized spacial score (nSPS) is 11.0. The molecule has 0 aliphatic carbocycles. The molecule has 4 N–H and O–H groups in total. The Labute approximate surface area is 138 Å². The van der Waals surface area contributed by atoms with Crippen LogP contribution < -0.4 is 5.73 Å². The molecule has 0 spiro atoms. The number of nitrogens with two attached hydrogens (primary N) is 1. The van der Waals surface area contributed by atoms with Crippen molar-refractivity contribution in [3.63, 3.8) is 0 Å². The van der Waals surface area contributed by atoms with Crippen molar-refractivity contribution in [1.29, 1.82) is 5.41 Å². The molecule has 118 valence electrons. The van der Waals surface area contributed by atoms with Crippen LogP contribution in [0.2, 0.25) is 0 Å². The van der Waals surface area contributed by atoms with Crippen LogP contribution in [0.1, 0.15) is 11.3 Å². The first-order valence-electron chi connectivity index (χ1n) is 7.58. The average Bonchev–Trinajstić information content (AvgIpc) is 3.18. The molecule has 24 heavy (non-hydrogen) atoms. The Morgan fingerprint density at radius 2 is 1.92 bits per heavy atom. The Morgan fingerprint density at radius 1 is 1.12 bits per heavy atom. The van der Waals surface area contributed by atoms with Gasteiger partial charge in [-0.3, -0.25) is 5.41 Å². The number of benzene rings is 2. The van der Waals surface area contributed by atoms with Gasteiger partial charge in [0.05, 0.1) is 16.7 Å². The van der Waals surface area contributed by atoms with E-state index in [9.17, 15) is 0 Å². The number of H-pyrrole nitrogens is 1. The van der Waals surface area contributed by atoms with Crippen LogP contribution in [0.25, 0.3) is 28.2 Å². The number of aromatic nitrogens is 4. The quantitative estimate of drug-likeness (QED) is 0.400. The first-order chi connectivity index (χ1) is 11.6. The van der Waals surface area contributed by atoms with E-state index >= 15 is 0 Å². The topological polar surface area (TPSA) is 96.4 Å². The lowest BCUT2D eigenvalue weighted by Gasteiger charge is -2.02. The highest BCUT2D eigenvalue weighted by molar-refractivity contribution is 5.98. The number of fused-ring (bicyclic) bond motifs is 1. The number of nitrogens with one attached hydrogen (secondary N) is 2. The Bertz CT molecular complexity index is 1040. The van der Waals surface area contributed by atoms with Crippen LogP contribution in [0.4, 0.5) is 0 Å². The maximum Gasteiger partial charge on any atom is 0.159 e. The molecule has 6 heteroatoms. The molecule has 2 aromatic heterocycles. The number of amidine groups is 1. The third-order valence-corrected chi connectivity index (χ3v) is 3.92. The van der Waals surface area contributed by atoms with Gasteiger partial charge in [0.25, 0.3) is 0 Å². The van der Waals surface area contributed by atoms with Crippen LogP contribution in [0.15, 0.2) is 54.6 Å². The Kier molecular flexibility index (Phi) is 3.16. The first kappa shape index (κ1) is 14.2. The van der Waals surface area contributed by atoms with Gasteiger partial charge in [-0.05, 0) is 43.3 Å². The lowest BCUT2D eigenvalue weighted by molar-refractivity contribution is 0.848. The monoisotopic (exact) mass is 316 g/mol. The van der Waals surface area contributed by atoms with E-state index in [2.05, 4.69) is 15.1 Å². The van der Waals surface area contributed by atoms with E-state index in [0.717, 1.165) is 28.1 Å². The smallest absolute Gasteiger partial charge is 0.159 e. The molecule has 6 nitrogen and oxygen atoms in total. The zero-order valence-electron chi connectivity index (χ0n) is 13.1. The molecule has 0 fully saturated rings. The summed E-state index contributed by atoms with van der Waals surface area (Å²) in [6, 6.07) is 17.5. The van der Waals surface area contributed by atoms with Crippen molar-refractivity contribution < 1.29 is 0 Å². The molecular weight excluding hydrogens is 300 g/mol. The largest absolute Gasteiger partial charge is 0.384 e. The highest BCUT2D eigenvalue weighted by Gasteiger charge is 2.12. The lowest BCUT2D eigenvalue weighted by atomic mass is 10.2. The van der Waals surface area contributed by atoms with Crippen molar-refractivity contribution in [1.82, 2.24) is 19.7 Å². The Morgan fingerprint density at radius 3 is 2.67 bits per heavy atom. The van der Waals surface area contributed by atoms with E-state index in [0.29, 0.717) is 11.4 Å². The van der Waals surface area contributed by atoms with Gasteiger partial charge >= 0.3 is 0 Å². The zero-order valence-corrected chi connectivity index (χ0v) is 13.1. The van der Waals surface area contributed by atoms with Crippen molar-refractivity contribution >= 4 is 16.9 Å². The summed E-state index contributed by atoms with van der Waals surface area (Å²) in [4.78, 5) is 7.85. The number of aryl methyl sites for hydroxylation is 1. The van der Waals surface area contributed by atoms with Crippen LogP contribution in [0, 0.1) is 12.3 Å². The fraction of sp³-hybridized carbons (Fsp3) is 0.0556. The summed E-state index contributed by atoms with van der Waals surface area (Å²) < 4.78 is 1.89. The van der Waals surface area contributed by atoms with Crippen LogP contribution in [-0.2, 0) is 0 Å². The Hall–Kier alpha value is -3.41. The second kappa shape index (κ2) is 5.34. The third-order valence-electron chi connectivity index (χ3n) is 3.92. The molecule has 0 aliphatic rings. The maximum absolute atomic E-state index is 7.54. The highest BCUT2D eigenvalue weighted by Crippen LogP contribution is 2.22. The number of aromatic amines is 1. The average molecular weight is 316 g/mol. The van der Waals surface area contributed by atoms with Crippen LogP contribution >= 0.6 is 0 Å². The number of nitrogen functional groups attached to an aromatic ring is 1. The predicted molar refractivity (Wildman–Crippen MR) is 94.4 cm³/mol. The van der Waals surface area contributed by atoms with Gasteiger partial charge in [-0.25, -0.2) is 9.67 Å². The van der Waals surface area contributed by atoms with Crippen LogP contribution in [-0.4, -0.2) is 25.6 Å². The van der Waals surface area contributed by atoms with E-state index in [4.69, 9.17) is 11.1 Å². The molecule has 0 radical (unpaired) electrons. The molecule has 0 atom stereocenters. The second-order valence-corrected chi connectivity index (χ2v) is 5.65. The van der Waals surface area contributed by atoms with Gasteiger partial charge in [-0.2, -0.15) is 5.10 Å². The molecule has 2 aromatic carbocycles. The summed E-state index contributed by atoms with van der Waals surface area (Å²) in [5.74, 6) is 0.737. The molecule has 4 aromatic rings. The second-order valence-electron chi connectivity index (χ2n) is 5.65. The van der Waals surface area contributed by atoms with Crippen molar-refractivity contribution in [3.8, 4) is 17.2 Å². The molecule has 0 bridgehead atoms. The molecule has 4 rings (SSSR count). The van der Waals surface area contributed by atoms with Crippen LogP contribution in [0.5, 0.6) is 0 Å². The van der Waals surface area contributed by atoms with E-state index < -0.39 is 0 Å². The number of imidazole rings is 1. The van der Waals surface area contributed by atoms with Gasteiger partial charge in [0.2, 0.25) is 0 Å². The standard InChI is InChI=1S/C18H16N6/c1-11-9-16(23-24(11)13-5-3-2-4-6-13)18-21-14-8-7-12(17(19)20)10-15(14)22-18/h2-10H,1H3,(H3,19,20)(H,21,22). The predicted octanol–water partition coefficient (Wildman–Crippen LogP) is 3.01. The lowest BCUT2D eigenvalue weighted by Crippen LogP contribution is -2.10. The highest BCUT2D eigenvalue weighted by atomic mass is 15.3. The summed E-state index contributed by atoms with van der Waals surface area (Å²) in [6.07, 6.45) is 0. The number of hydrogen-bond donors (Lipinski definition) is 3. The number of hydrogen-bond acceptors (Lipinski definition) is 3. The fourth-order valence-corrected chi connectivity index (χ4v) is 2.72. The van der Waals surface area contributed by atoms with Gasteiger partial charge in [0.15, 0.2) is 5.82 Å². The summed E-state index contributed by atoms with van der Waals surface area (Å²) in [5.41, 5.74) is 10.7. The van der Waals surface area contributed by atoms with Crippen LogP contribution in [0.3, 0.4) is 0 Å². The summed E-state index contributed by atoms with van der Waals surface area (Å²) >= 11 is 0. The number of rotatable bonds is 3. The van der Waals surface area contributed by atoms with Crippen molar-refractivity contribution in [3.05, 3.63) is 65.9 Å². The fourth-order valence-electron chi connectivity index (χ4n) is 2.72. The minimum Gasteiger partial charge on any atom is -0.384 e. The molecule has 0 saturated heterocycles. The summed E-state index contributed by atoms with van der Waals surface area (Å²) in [6.45, 7) is 2.01. The minimum atomic E-state index is 0.0391. The molecule has 0 saturated carbocycles. The van der Waals surface area contributed by atoms with E-state index in [1.807, 2.05) is 60.1 Å². The van der Waals surface area contributed by atoms with E-state index in [1.54, 1.807) is 6.07 Å². The van der Waals surface area contributed by atoms with E-state index in [-0.39, 0.29) is 5.84 Å². The molecule has 0 amide bonds. The molecular formula is C18H16N6. The van der Waals surface area contributed by atoms with E-state index in [1.165, 1.54) is 0 Å². The zero-order chi connectivity index (χ0) is 16.7. The van der Waals surface area contributed by atoms with Crippen molar-refractivity contribution in [2.75, 3.05) is 0 Å². The third kappa shape index (κ3) is 2.34. The summed E-state index contributed by atoms with van der Waals surface area (Å²) in [5, 5.41) is 12.2. The maximum atomic E-state index is 7.54. The Balaban J connectivity index is 1.79. The SMILES string of the molecule is Cc1cc(-c2nc3ccc(C(=N)N)cc3[nH]2)nn1-c1ccccc1. The summed E-state index contributed by atoms with van der Waals surface area (Å²) in [7, 11) is 0. The molecule has 0 unspecified atom stereocenters. The van der Waals surface area contributed by atoms with Gasteiger partial charge in [0, 0.05) is 11.3 Å². The van der Waals surface area contributed by atoms with Crippen molar-refractivity contribution in [2.45, 2.75) is 6.92 Å². The molecule has 2 heterocycles.